The number of Topliss-reactive ketones (excluding diaryl/α,β-unsaturated/α-hetero) is 2. The van der Waals surface area contributed by atoms with Gasteiger partial charge in [0.05, 0.1) is 0 Å². The molecule has 0 N–H and O–H groups in total. The van der Waals surface area contributed by atoms with E-state index >= 15 is 0 Å². The van der Waals surface area contributed by atoms with Crippen LogP contribution >= 0.6 is 0 Å². The van der Waals surface area contributed by atoms with Crippen molar-refractivity contribution in [3.63, 3.8) is 0 Å². The average Bonchev–Trinajstić information content (AvgIpc) is 2.20. The van der Waals surface area contributed by atoms with E-state index in [0.717, 1.165) is 12.8 Å². The molecule has 0 aromatic rings. The predicted molar refractivity (Wildman–Crippen MR) is 65.9 cm³/mol. The van der Waals surface area contributed by atoms with Crippen LogP contribution < -0.4 is 0 Å². The summed E-state index contributed by atoms with van der Waals surface area (Å²) >= 11 is 0. The molecule has 0 bridgehead atoms. The maximum atomic E-state index is 11.3. The smallest absolute Gasteiger partial charge is 0.205 e. The van der Waals surface area contributed by atoms with Gasteiger partial charge in [0.25, 0.3) is 0 Å². The van der Waals surface area contributed by atoms with E-state index in [0.29, 0.717) is 24.7 Å². The molecule has 0 aliphatic rings. The molecule has 0 aliphatic carbocycles. The van der Waals surface area contributed by atoms with Crippen molar-refractivity contribution in [1.82, 2.24) is 0 Å². The van der Waals surface area contributed by atoms with Crippen LogP contribution in [0.3, 0.4) is 0 Å². The molecule has 0 fully saturated rings. The minimum atomic E-state index is -0.119. The van der Waals surface area contributed by atoms with Crippen LogP contribution in [0.1, 0.15) is 53.4 Å². The second-order valence-electron chi connectivity index (χ2n) is 4.96. The maximum absolute atomic E-state index is 11.3. The number of ketones is 2. The summed E-state index contributed by atoms with van der Waals surface area (Å²) in [6, 6.07) is 0. The highest BCUT2D eigenvalue weighted by Crippen LogP contribution is 2.04. The Hall–Kier alpha value is -1.10. The average molecular weight is 222 g/mol. The topological polar surface area (TPSA) is 34.1 Å². The van der Waals surface area contributed by atoms with E-state index in [2.05, 4.69) is 39.5 Å². The van der Waals surface area contributed by atoms with Gasteiger partial charge in [-0.05, 0) is 36.5 Å². The molecule has 0 aliphatic heterocycles. The summed E-state index contributed by atoms with van der Waals surface area (Å²) < 4.78 is 0. The molecule has 0 amide bonds. The van der Waals surface area contributed by atoms with E-state index in [4.69, 9.17) is 0 Å². The predicted octanol–water partition coefficient (Wildman–Crippen LogP) is 3.00. The van der Waals surface area contributed by atoms with Crippen molar-refractivity contribution in [2.75, 3.05) is 0 Å². The highest BCUT2D eigenvalue weighted by atomic mass is 16.1. The van der Waals surface area contributed by atoms with Crippen LogP contribution in [-0.2, 0) is 9.59 Å². The molecule has 0 spiro atoms. The fourth-order valence-electron chi connectivity index (χ4n) is 1.10. The number of carbonyl (C=O) groups is 2. The Morgan fingerprint density at radius 3 is 1.38 bits per heavy atom. The van der Waals surface area contributed by atoms with Crippen LogP contribution in [0.15, 0.2) is 0 Å². The zero-order valence-corrected chi connectivity index (χ0v) is 10.8. The van der Waals surface area contributed by atoms with Gasteiger partial charge in [-0.15, -0.1) is 0 Å². The third kappa shape index (κ3) is 9.45. The third-order valence-electron chi connectivity index (χ3n) is 2.24. The van der Waals surface area contributed by atoms with Crippen LogP contribution in [0.25, 0.3) is 0 Å². The summed E-state index contributed by atoms with van der Waals surface area (Å²) in [5, 5.41) is 0. The van der Waals surface area contributed by atoms with Crippen molar-refractivity contribution < 1.29 is 9.59 Å². The summed E-state index contributed by atoms with van der Waals surface area (Å²) in [7, 11) is 0. The summed E-state index contributed by atoms with van der Waals surface area (Å²) in [4.78, 5) is 22.5. The Morgan fingerprint density at radius 2 is 1.12 bits per heavy atom. The van der Waals surface area contributed by atoms with E-state index in [9.17, 15) is 9.59 Å². The lowest BCUT2D eigenvalue weighted by Crippen LogP contribution is -2.00. The first-order valence-corrected chi connectivity index (χ1v) is 5.99. The van der Waals surface area contributed by atoms with Gasteiger partial charge >= 0.3 is 0 Å². The van der Waals surface area contributed by atoms with Gasteiger partial charge in [0.15, 0.2) is 0 Å². The number of hydrogen-bond acceptors (Lipinski definition) is 2. The standard InChI is InChI=1S/C14H22O2/c1-11(2)5-7-13(15)9-10-14(16)8-6-12(3)4/h11-12H,5-8H2,1-4H3. The van der Waals surface area contributed by atoms with Gasteiger partial charge in [-0.1, -0.05) is 27.7 Å². The molecule has 0 rings (SSSR count). The minimum Gasteiger partial charge on any atom is -0.285 e. The molecule has 2 nitrogen and oxygen atoms in total. The zero-order chi connectivity index (χ0) is 12.6. The fourth-order valence-corrected chi connectivity index (χ4v) is 1.10. The quantitative estimate of drug-likeness (QED) is 0.511. The van der Waals surface area contributed by atoms with E-state index in [-0.39, 0.29) is 11.6 Å². The lowest BCUT2D eigenvalue weighted by molar-refractivity contribution is -0.115. The molecule has 16 heavy (non-hydrogen) atoms. The Morgan fingerprint density at radius 1 is 0.812 bits per heavy atom. The molecule has 0 aromatic heterocycles. The molecular formula is C14H22O2. The first-order valence-electron chi connectivity index (χ1n) is 5.99. The SMILES string of the molecule is CC(C)CCC(=O)C#CC(=O)CCC(C)C. The Balaban J connectivity index is 3.89. The fraction of sp³-hybridized carbons (Fsp3) is 0.714. The molecule has 0 saturated heterocycles. The first-order chi connectivity index (χ1) is 7.41. The van der Waals surface area contributed by atoms with Gasteiger partial charge in [0.2, 0.25) is 11.6 Å². The molecule has 0 aromatic carbocycles. The van der Waals surface area contributed by atoms with Crippen LogP contribution in [0.5, 0.6) is 0 Å². The van der Waals surface area contributed by atoms with Gasteiger partial charge in [-0.3, -0.25) is 9.59 Å². The van der Waals surface area contributed by atoms with Gasteiger partial charge in [0.1, 0.15) is 0 Å². The highest BCUT2D eigenvalue weighted by molar-refractivity contribution is 6.04. The van der Waals surface area contributed by atoms with Crippen molar-refractivity contribution in [1.29, 1.82) is 0 Å². The van der Waals surface area contributed by atoms with Gasteiger partial charge < -0.3 is 0 Å². The van der Waals surface area contributed by atoms with Crippen molar-refractivity contribution in [2.45, 2.75) is 53.4 Å². The summed E-state index contributed by atoms with van der Waals surface area (Å²) in [6.45, 7) is 8.26. The Bertz CT molecular complexity index is 262. The molecule has 0 unspecified atom stereocenters. The van der Waals surface area contributed by atoms with Gasteiger partial charge in [0, 0.05) is 12.8 Å². The summed E-state index contributed by atoms with van der Waals surface area (Å²) in [5.41, 5.74) is 0. The van der Waals surface area contributed by atoms with Gasteiger partial charge in [-0.25, -0.2) is 0 Å². The van der Waals surface area contributed by atoms with E-state index in [1.54, 1.807) is 0 Å². The van der Waals surface area contributed by atoms with Crippen LogP contribution in [0, 0.1) is 23.7 Å². The lowest BCUT2D eigenvalue weighted by Gasteiger charge is -1.99. The number of carbonyl (C=O) groups excluding carboxylic acids is 2. The second-order valence-corrected chi connectivity index (χ2v) is 4.96. The van der Waals surface area contributed by atoms with E-state index in [1.165, 1.54) is 0 Å². The van der Waals surface area contributed by atoms with Crippen LogP contribution in [-0.4, -0.2) is 11.6 Å². The van der Waals surface area contributed by atoms with E-state index < -0.39 is 0 Å². The zero-order valence-electron chi connectivity index (χ0n) is 10.8. The number of hydrogen-bond donors (Lipinski definition) is 0. The molecular weight excluding hydrogens is 200 g/mol. The summed E-state index contributed by atoms with van der Waals surface area (Å²) in [6.07, 6.45) is 2.60. The Labute approximate surface area is 98.8 Å². The van der Waals surface area contributed by atoms with Crippen molar-refractivity contribution in [2.24, 2.45) is 11.8 Å². The largest absolute Gasteiger partial charge is 0.285 e. The molecule has 0 heterocycles. The molecule has 0 radical (unpaired) electrons. The molecule has 0 atom stereocenters. The highest BCUT2D eigenvalue weighted by Gasteiger charge is 2.02. The maximum Gasteiger partial charge on any atom is 0.205 e. The minimum absolute atomic E-state index is 0.119. The van der Waals surface area contributed by atoms with E-state index in [1.807, 2.05) is 0 Å². The van der Waals surface area contributed by atoms with Crippen LogP contribution in [0.4, 0.5) is 0 Å². The van der Waals surface area contributed by atoms with Crippen molar-refractivity contribution >= 4 is 11.6 Å². The monoisotopic (exact) mass is 222 g/mol. The molecule has 2 heteroatoms. The van der Waals surface area contributed by atoms with Crippen molar-refractivity contribution in [3.05, 3.63) is 0 Å². The summed E-state index contributed by atoms with van der Waals surface area (Å²) in [5.74, 6) is 5.61. The van der Waals surface area contributed by atoms with Crippen molar-refractivity contribution in [3.8, 4) is 11.8 Å². The third-order valence-corrected chi connectivity index (χ3v) is 2.24. The molecule has 0 saturated carbocycles. The van der Waals surface area contributed by atoms with Gasteiger partial charge in [-0.2, -0.15) is 0 Å². The Kier molecular flexibility index (Phi) is 7.54. The first kappa shape index (κ1) is 14.9. The number of rotatable bonds is 6. The second kappa shape index (κ2) is 8.10. The lowest BCUT2D eigenvalue weighted by atomic mass is 10.0. The molecule has 90 valence electrons. The normalized spacial score (nSPS) is 10.1. The van der Waals surface area contributed by atoms with Crippen LogP contribution in [0.2, 0.25) is 0 Å².